The fourth-order valence-electron chi connectivity index (χ4n) is 5.85. The van der Waals surface area contributed by atoms with Crippen LogP contribution >= 0.6 is 0 Å². The summed E-state index contributed by atoms with van der Waals surface area (Å²) in [5, 5.41) is 1.55. The second-order valence-corrected chi connectivity index (χ2v) is 13.0. The molecule has 0 aliphatic carbocycles. The lowest BCUT2D eigenvalue weighted by Gasteiger charge is -2.33. The Morgan fingerprint density at radius 2 is 1.07 bits per heavy atom. The van der Waals surface area contributed by atoms with Gasteiger partial charge in [0.2, 0.25) is 0 Å². The Morgan fingerprint density at radius 3 is 1.43 bits per heavy atom. The van der Waals surface area contributed by atoms with E-state index in [1.807, 2.05) is 18.2 Å². The van der Waals surface area contributed by atoms with Crippen LogP contribution in [-0.4, -0.2) is 121 Å². The third kappa shape index (κ3) is 12.1. The van der Waals surface area contributed by atoms with Crippen molar-refractivity contribution in [3.63, 3.8) is 0 Å². The molecule has 0 unspecified atom stereocenters. The van der Waals surface area contributed by atoms with Crippen LogP contribution in [-0.2, 0) is 27.4 Å². The third-order valence-electron chi connectivity index (χ3n) is 9.03. The first-order chi connectivity index (χ1) is 27.9. The molecule has 0 bridgehead atoms. The van der Waals surface area contributed by atoms with E-state index in [0.29, 0.717) is 76.0 Å². The van der Waals surface area contributed by atoms with Gasteiger partial charge in [0.1, 0.15) is 0 Å². The molecule has 58 heavy (non-hydrogen) atoms. The number of ketones is 2. The van der Waals surface area contributed by atoms with Gasteiger partial charge in [-0.2, -0.15) is 13.2 Å². The molecule has 4 heterocycles. The molecule has 0 saturated carbocycles. The largest absolute Gasteiger partial charge is 0.471 e. The summed E-state index contributed by atoms with van der Waals surface area (Å²) in [4.78, 5) is 75.6. The average Bonchev–Trinajstić information content (AvgIpc) is 3.27. The Morgan fingerprint density at radius 1 is 0.655 bits per heavy atom. The number of halogens is 3. The lowest BCUT2D eigenvalue weighted by Crippen LogP contribution is -2.48. The van der Waals surface area contributed by atoms with E-state index >= 15 is 0 Å². The molecule has 2 aromatic carbocycles. The minimum absolute atomic E-state index is 0.0172. The number of pyridine rings is 2. The number of urea groups is 2. The summed E-state index contributed by atoms with van der Waals surface area (Å²) in [7, 11) is 0. The van der Waals surface area contributed by atoms with Crippen LogP contribution in [0.25, 0.3) is 0 Å². The quantitative estimate of drug-likeness (QED) is 0.210. The number of nitrogens with two attached hydrogens (primary N) is 1. The van der Waals surface area contributed by atoms with Gasteiger partial charge >= 0.3 is 24.1 Å². The molecule has 18 heteroatoms. The van der Waals surface area contributed by atoms with E-state index in [2.05, 4.69) is 9.97 Å². The van der Waals surface area contributed by atoms with Gasteiger partial charge in [-0.25, -0.2) is 9.59 Å². The number of nitrogens with one attached hydrogen (secondary N) is 1. The highest BCUT2D eigenvalue weighted by Crippen LogP contribution is 2.21. The number of Topliss-reactive ketones (excluding diaryl/α,β-unsaturated/α-hetero) is 2. The summed E-state index contributed by atoms with van der Waals surface area (Å²) in [5.74, 6) is -2.94. The maximum Gasteiger partial charge on any atom is 0.471 e. The van der Waals surface area contributed by atoms with Gasteiger partial charge in [-0.15, -0.1) is 0 Å². The summed E-state index contributed by atoms with van der Waals surface area (Å²) in [6.07, 6.45) is 1.46. The molecule has 15 nitrogen and oxygen atoms in total. The van der Waals surface area contributed by atoms with Crippen molar-refractivity contribution in [2.45, 2.75) is 19.3 Å². The van der Waals surface area contributed by atoms with Crippen molar-refractivity contribution in [2.24, 2.45) is 5.73 Å². The molecular formula is C40H43F3N8O7. The summed E-state index contributed by atoms with van der Waals surface area (Å²) >= 11 is 0. The van der Waals surface area contributed by atoms with Gasteiger partial charge in [0.05, 0.1) is 76.4 Å². The molecule has 5 amide bonds. The van der Waals surface area contributed by atoms with Gasteiger partial charge < -0.3 is 30.3 Å². The van der Waals surface area contributed by atoms with E-state index in [1.165, 1.54) is 12.1 Å². The van der Waals surface area contributed by atoms with Crippen molar-refractivity contribution < 1.29 is 46.6 Å². The van der Waals surface area contributed by atoms with Crippen molar-refractivity contribution in [1.29, 1.82) is 0 Å². The van der Waals surface area contributed by atoms with Crippen LogP contribution in [0.5, 0.6) is 0 Å². The van der Waals surface area contributed by atoms with E-state index in [1.54, 1.807) is 92.2 Å². The number of carbonyl (C=O) groups is 5. The maximum atomic E-state index is 13.1. The Balaban J connectivity index is 0.000000226. The predicted octanol–water partition coefficient (Wildman–Crippen LogP) is 4.08. The van der Waals surface area contributed by atoms with Crippen LogP contribution in [0, 0.1) is 0 Å². The van der Waals surface area contributed by atoms with Crippen LogP contribution in [0.3, 0.4) is 0 Å². The predicted molar refractivity (Wildman–Crippen MR) is 206 cm³/mol. The smallest absolute Gasteiger partial charge is 0.378 e. The molecular weight excluding hydrogens is 761 g/mol. The van der Waals surface area contributed by atoms with Crippen molar-refractivity contribution in [3.8, 4) is 0 Å². The Labute approximate surface area is 332 Å². The normalized spacial score (nSPS) is 14.1. The van der Waals surface area contributed by atoms with E-state index in [4.69, 9.17) is 15.2 Å². The van der Waals surface area contributed by atoms with Gasteiger partial charge in [-0.05, 0) is 35.4 Å². The number of nitrogens with zero attached hydrogens (tertiary/aromatic N) is 6. The number of aromatic nitrogens is 2. The number of amides is 5. The molecule has 2 saturated heterocycles. The molecule has 2 aliphatic rings. The molecule has 2 fully saturated rings. The standard InChI is InChI=1S/C21H21F3N4O4.C19H22N4O3/c22-21(23,24)19(30)26-13-18(29)16-5-3-15(4-6-16)14-28(17-2-1-7-25-12-17)20(31)27-8-10-32-11-9-27;20-12-18(24)16-5-3-15(4-6-16)14-23(17-2-1-7-21-13-17)19(25)22-8-10-26-11-9-22/h1-7,12H,8-11,13-14H2,(H,26,30);1-7,13H,8-12,14,20H2. The highest BCUT2D eigenvalue weighted by Gasteiger charge is 2.38. The Hall–Kier alpha value is -6.24. The number of hydrogen-bond acceptors (Lipinski definition) is 10. The van der Waals surface area contributed by atoms with Gasteiger partial charge in [0.25, 0.3) is 0 Å². The first kappa shape index (κ1) is 42.9. The monoisotopic (exact) mass is 804 g/mol. The number of benzene rings is 2. The molecule has 2 aromatic heterocycles. The fraction of sp³-hybridized carbons (Fsp3) is 0.325. The van der Waals surface area contributed by atoms with E-state index in [0.717, 1.165) is 11.3 Å². The number of morpholine rings is 2. The zero-order valence-corrected chi connectivity index (χ0v) is 31.5. The SMILES string of the molecule is NCC(=O)c1ccc(CN(C(=O)N2CCOCC2)c2cccnc2)cc1.O=C(CNC(=O)C(F)(F)F)c1ccc(CN(C(=O)N2CCOCC2)c2cccnc2)cc1. The van der Waals surface area contributed by atoms with Gasteiger partial charge in [0.15, 0.2) is 11.6 Å². The second-order valence-electron chi connectivity index (χ2n) is 13.0. The van der Waals surface area contributed by atoms with E-state index in [-0.39, 0.29) is 36.5 Å². The van der Waals surface area contributed by atoms with Crippen molar-refractivity contribution in [3.05, 3.63) is 120 Å². The zero-order chi connectivity index (χ0) is 41.5. The average molecular weight is 805 g/mol. The summed E-state index contributed by atoms with van der Waals surface area (Å²) in [5.41, 5.74) is 9.06. The topological polar surface area (TPSA) is 181 Å². The molecule has 0 radical (unpaired) electrons. The molecule has 0 atom stereocenters. The number of rotatable bonds is 11. The van der Waals surface area contributed by atoms with Crippen molar-refractivity contribution in [1.82, 2.24) is 25.1 Å². The lowest BCUT2D eigenvalue weighted by molar-refractivity contribution is -0.173. The molecule has 2 aliphatic heterocycles. The number of hydrogen-bond donors (Lipinski definition) is 2. The molecule has 3 N–H and O–H groups in total. The van der Waals surface area contributed by atoms with Crippen molar-refractivity contribution >= 4 is 40.9 Å². The molecule has 4 aromatic rings. The van der Waals surface area contributed by atoms with Crippen LogP contribution in [0.4, 0.5) is 34.1 Å². The van der Waals surface area contributed by atoms with E-state index < -0.39 is 24.4 Å². The third-order valence-corrected chi connectivity index (χ3v) is 9.03. The summed E-state index contributed by atoms with van der Waals surface area (Å²) in [6, 6.07) is 20.1. The van der Waals surface area contributed by atoms with Crippen LogP contribution in [0.2, 0.25) is 0 Å². The molecule has 6 rings (SSSR count). The van der Waals surface area contributed by atoms with Crippen molar-refractivity contribution in [2.75, 3.05) is 75.5 Å². The highest BCUT2D eigenvalue weighted by atomic mass is 19.4. The van der Waals surface area contributed by atoms with Crippen LogP contribution in [0.15, 0.2) is 97.6 Å². The Kier molecular flexibility index (Phi) is 15.4. The minimum atomic E-state index is -5.05. The number of anilines is 2. The first-order valence-corrected chi connectivity index (χ1v) is 18.3. The number of alkyl halides is 3. The van der Waals surface area contributed by atoms with Gasteiger partial charge in [-0.3, -0.25) is 34.2 Å². The zero-order valence-electron chi connectivity index (χ0n) is 31.5. The lowest BCUT2D eigenvalue weighted by atomic mass is 10.1. The number of ether oxygens (including phenoxy) is 2. The van der Waals surface area contributed by atoms with Gasteiger partial charge in [-0.1, -0.05) is 48.5 Å². The number of carbonyl (C=O) groups excluding carboxylic acids is 5. The highest BCUT2D eigenvalue weighted by molar-refractivity contribution is 6.00. The summed E-state index contributed by atoms with van der Waals surface area (Å²) < 4.78 is 47.4. The van der Waals surface area contributed by atoms with Crippen LogP contribution in [0.1, 0.15) is 31.8 Å². The molecule has 306 valence electrons. The van der Waals surface area contributed by atoms with Gasteiger partial charge in [0, 0.05) is 49.7 Å². The molecule has 0 spiro atoms. The first-order valence-electron chi connectivity index (χ1n) is 18.3. The second kappa shape index (κ2) is 20.8. The Bertz CT molecular complexity index is 1980. The van der Waals surface area contributed by atoms with E-state index in [9.17, 15) is 37.1 Å². The maximum absolute atomic E-state index is 13.1. The van der Waals surface area contributed by atoms with Crippen LogP contribution < -0.4 is 20.9 Å². The minimum Gasteiger partial charge on any atom is -0.378 e. The summed E-state index contributed by atoms with van der Waals surface area (Å²) in [6.45, 7) is 3.86. The fourth-order valence-corrected chi connectivity index (χ4v) is 5.85.